The number of ether oxygens (including phenoxy) is 1. The first kappa shape index (κ1) is 12.5. The van der Waals surface area contributed by atoms with E-state index in [4.69, 9.17) is 4.74 Å². The maximum Gasteiger partial charge on any atom is 0.250 e. The van der Waals surface area contributed by atoms with Crippen LogP contribution < -0.4 is 10.9 Å². The molecule has 0 spiro atoms. The number of aromatic nitrogens is 1. The summed E-state index contributed by atoms with van der Waals surface area (Å²) in [5.41, 5.74) is 1.05. The molecule has 1 fully saturated rings. The number of methoxy groups -OCH3 is 1. The highest BCUT2D eigenvalue weighted by Crippen LogP contribution is 2.43. The topological polar surface area (TPSA) is 43.3 Å². The van der Waals surface area contributed by atoms with Gasteiger partial charge in [-0.15, -0.1) is 0 Å². The van der Waals surface area contributed by atoms with Crippen LogP contribution in [-0.2, 0) is 11.3 Å². The lowest BCUT2D eigenvalue weighted by atomic mass is 9.71. The van der Waals surface area contributed by atoms with Gasteiger partial charge in [-0.1, -0.05) is 12.2 Å². The molecule has 0 aromatic carbocycles. The molecule has 1 aromatic heterocycles. The Morgan fingerprint density at radius 2 is 2.37 bits per heavy atom. The Morgan fingerprint density at radius 3 is 3.16 bits per heavy atom. The number of nitrogens with one attached hydrogen (secondary N) is 1. The largest absolute Gasteiger partial charge is 0.383 e. The molecule has 19 heavy (non-hydrogen) atoms. The van der Waals surface area contributed by atoms with Gasteiger partial charge in [0.2, 0.25) is 0 Å². The van der Waals surface area contributed by atoms with Crippen LogP contribution in [0.5, 0.6) is 0 Å². The Morgan fingerprint density at radius 1 is 1.47 bits per heavy atom. The van der Waals surface area contributed by atoms with Crippen molar-refractivity contribution < 1.29 is 4.74 Å². The van der Waals surface area contributed by atoms with Gasteiger partial charge in [0.05, 0.1) is 12.3 Å². The van der Waals surface area contributed by atoms with Gasteiger partial charge < -0.3 is 14.6 Å². The van der Waals surface area contributed by atoms with Crippen LogP contribution in [0.2, 0.25) is 0 Å². The van der Waals surface area contributed by atoms with E-state index in [-0.39, 0.29) is 5.56 Å². The molecule has 3 rings (SSSR count). The number of anilines is 1. The lowest BCUT2D eigenvalue weighted by Crippen LogP contribution is -2.43. The van der Waals surface area contributed by atoms with E-state index in [1.54, 1.807) is 17.7 Å². The van der Waals surface area contributed by atoms with Crippen LogP contribution in [0.15, 0.2) is 35.3 Å². The monoisotopic (exact) mass is 260 g/mol. The van der Waals surface area contributed by atoms with Crippen LogP contribution in [-0.4, -0.2) is 24.3 Å². The maximum atomic E-state index is 11.7. The van der Waals surface area contributed by atoms with Gasteiger partial charge in [-0.25, -0.2) is 0 Å². The van der Waals surface area contributed by atoms with Crippen LogP contribution in [0, 0.1) is 11.8 Å². The molecule has 2 aliphatic carbocycles. The van der Waals surface area contributed by atoms with E-state index >= 15 is 0 Å². The molecule has 4 heteroatoms. The summed E-state index contributed by atoms with van der Waals surface area (Å²) in [5.74, 6) is 1.52. The first-order valence-electron chi connectivity index (χ1n) is 6.90. The SMILES string of the molecule is COCCn1cc(NC2CC3CC=CC32)ccc1=O. The van der Waals surface area contributed by atoms with Gasteiger partial charge in [0.1, 0.15) is 0 Å². The molecule has 2 aliphatic rings. The van der Waals surface area contributed by atoms with Crippen LogP contribution in [0.1, 0.15) is 12.8 Å². The number of allylic oxidation sites excluding steroid dienone is 1. The average molecular weight is 260 g/mol. The molecule has 1 saturated carbocycles. The molecule has 0 radical (unpaired) electrons. The quantitative estimate of drug-likeness (QED) is 0.822. The van der Waals surface area contributed by atoms with Crippen molar-refractivity contribution in [1.82, 2.24) is 4.57 Å². The second-order valence-corrected chi connectivity index (χ2v) is 5.43. The molecule has 1 heterocycles. The standard InChI is InChI=1S/C15H20N2O2/c1-19-8-7-17-10-12(5-6-15(17)18)16-14-9-11-3-2-4-13(11)14/h2,4-6,10-11,13-14,16H,3,7-9H2,1H3. The Labute approximate surface area is 113 Å². The van der Waals surface area contributed by atoms with Crippen molar-refractivity contribution in [2.45, 2.75) is 25.4 Å². The Kier molecular flexibility index (Phi) is 3.42. The van der Waals surface area contributed by atoms with Crippen molar-refractivity contribution in [2.75, 3.05) is 19.0 Å². The van der Waals surface area contributed by atoms with Gasteiger partial charge in [0, 0.05) is 37.9 Å². The third-order valence-electron chi connectivity index (χ3n) is 4.23. The minimum Gasteiger partial charge on any atom is -0.383 e. The predicted molar refractivity (Wildman–Crippen MR) is 75.3 cm³/mol. The zero-order valence-electron chi connectivity index (χ0n) is 11.2. The van der Waals surface area contributed by atoms with Crippen molar-refractivity contribution >= 4 is 5.69 Å². The van der Waals surface area contributed by atoms with Crippen molar-refractivity contribution in [3.05, 3.63) is 40.8 Å². The predicted octanol–water partition coefficient (Wildman–Crippen LogP) is 1.87. The van der Waals surface area contributed by atoms with Gasteiger partial charge in [-0.3, -0.25) is 4.79 Å². The van der Waals surface area contributed by atoms with E-state index in [9.17, 15) is 4.79 Å². The van der Waals surface area contributed by atoms with Gasteiger partial charge in [0.25, 0.3) is 5.56 Å². The summed E-state index contributed by atoms with van der Waals surface area (Å²) < 4.78 is 6.72. The Hall–Kier alpha value is -1.55. The molecule has 3 unspecified atom stereocenters. The summed E-state index contributed by atoms with van der Waals surface area (Å²) in [7, 11) is 1.65. The van der Waals surface area contributed by atoms with E-state index in [0.717, 1.165) is 11.6 Å². The summed E-state index contributed by atoms with van der Waals surface area (Å²) in [6.45, 7) is 1.15. The third-order valence-corrected chi connectivity index (χ3v) is 4.23. The lowest BCUT2D eigenvalue weighted by molar-refractivity contribution is 0.186. The van der Waals surface area contributed by atoms with Crippen LogP contribution in [0.25, 0.3) is 0 Å². The molecule has 3 atom stereocenters. The molecule has 0 saturated heterocycles. The molecule has 0 bridgehead atoms. The molecular weight excluding hydrogens is 240 g/mol. The van der Waals surface area contributed by atoms with E-state index < -0.39 is 0 Å². The van der Waals surface area contributed by atoms with Crippen LogP contribution in [0.4, 0.5) is 5.69 Å². The van der Waals surface area contributed by atoms with Gasteiger partial charge in [-0.05, 0) is 24.8 Å². The van der Waals surface area contributed by atoms with Crippen molar-refractivity contribution in [1.29, 1.82) is 0 Å². The van der Waals surface area contributed by atoms with Crippen molar-refractivity contribution in [2.24, 2.45) is 11.8 Å². The molecule has 0 amide bonds. The number of nitrogens with zero attached hydrogens (tertiary/aromatic N) is 1. The fourth-order valence-corrected chi connectivity index (χ4v) is 3.08. The molecule has 102 valence electrons. The third kappa shape index (κ3) is 2.45. The number of pyridine rings is 1. The van der Waals surface area contributed by atoms with Crippen molar-refractivity contribution in [3.63, 3.8) is 0 Å². The highest BCUT2D eigenvalue weighted by atomic mass is 16.5. The van der Waals surface area contributed by atoms with E-state index in [1.165, 1.54) is 12.8 Å². The smallest absolute Gasteiger partial charge is 0.250 e. The van der Waals surface area contributed by atoms with E-state index in [2.05, 4.69) is 17.5 Å². The number of hydrogen-bond donors (Lipinski definition) is 1. The summed E-state index contributed by atoms with van der Waals surface area (Å²) in [4.78, 5) is 11.7. The fourth-order valence-electron chi connectivity index (χ4n) is 3.08. The zero-order valence-corrected chi connectivity index (χ0v) is 11.2. The molecule has 1 aromatic rings. The molecular formula is C15H20N2O2. The Bertz CT molecular complexity index is 535. The normalized spacial score (nSPS) is 27.9. The molecule has 4 nitrogen and oxygen atoms in total. The second kappa shape index (κ2) is 5.21. The van der Waals surface area contributed by atoms with Crippen LogP contribution >= 0.6 is 0 Å². The highest BCUT2D eigenvalue weighted by molar-refractivity contribution is 5.43. The molecule has 0 aliphatic heterocycles. The number of rotatable bonds is 5. The minimum atomic E-state index is 0.0230. The van der Waals surface area contributed by atoms with Gasteiger partial charge in [-0.2, -0.15) is 0 Å². The van der Waals surface area contributed by atoms with Crippen LogP contribution in [0.3, 0.4) is 0 Å². The zero-order chi connectivity index (χ0) is 13.2. The first-order chi connectivity index (χ1) is 9.28. The minimum absolute atomic E-state index is 0.0230. The van der Waals surface area contributed by atoms with Gasteiger partial charge >= 0.3 is 0 Å². The van der Waals surface area contributed by atoms with E-state index in [0.29, 0.717) is 25.1 Å². The first-order valence-corrected chi connectivity index (χ1v) is 6.90. The van der Waals surface area contributed by atoms with Crippen molar-refractivity contribution in [3.8, 4) is 0 Å². The fraction of sp³-hybridized carbons (Fsp3) is 0.533. The van der Waals surface area contributed by atoms with Gasteiger partial charge in [0.15, 0.2) is 0 Å². The lowest BCUT2D eigenvalue weighted by Gasteiger charge is -2.41. The summed E-state index contributed by atoms with van der Waals surface area (Å²) in [6, 6.07) is 4.02. The van der Waals surface area contributed by atoms with E-state index in [1.807, 2.05) is 12.3 Å². The summed E-state index contributed by atoms with van der Waals surface area (Å²) >= 11 is 0. The Balaban J connectivity index is 1.67. The highest BCUT2D eigenvalue weighted by Gasteiger charge is 2.40. The average Bonchev–Trinajstić information content (AvgIpc) is 2.77. The maximum absolute atomic E-state index is 11.7. The molecule has 1 N–H and O–H groups in total. The number of hydrogen-bond acceptors (Lipinski definition) is 3. The summed E-state index contributed by atoms with van der Waals surface area (Å²) in [5, 5.41) is 3.54. The number of fused-ring (bicyclic) bond motifs is 1. The second-order valence-electron chi connectivity index (χ2n) is 5.43. The summed E-state index contributed by atoms with van der Waals surface area (Å²) in [6.07, 6.45) is 8.97.